The lowest BCUT2D eigenvalue weighted by Crippen LogP contribution is -2.29. The maximum atomic E-state index is 5.64. The second-order valence-corrected chi connectivity index (χ2v) is 6.69. The van der Waals surface area contributed by atoms with Gasteiger partial charge in [-0.05, 0) is 42.9 Å². The summed E-state index contributed by atoms with van der Waals surface area (Å²) < 4.78 is 5.64. The van der Waals surface area contributed by atoms with Gasteiger partial charge in [-0.3, -0.25) is 0 Å². The van der Waals surface area contributed by atoms with Crippen molar-refractivity contribution in [2.45, 2.75) is 24.0 Å². The first-order valence-electron chi connectivity index (χ1n) is 7.96. The molecule has 24 heavy (non-hydrogen) atoms. The summed E-state index contributed by atoms with van der Waals surface area (Å²) in [7, 11) is 1.73. The van der Waals surface area contributed by atoms with E-state index in [1.165, 1.54) is 11.1 Å². The second kappa shape index (κ2) is 5.98. The van der Waals surface area contributed by atoms with Crippen molar-refractivity contribution in [2.24, 2.45) is 0 Å². The van der Waals surface area contributed by atoms with Gasteiger partial charge < -0.3 is 9.64 Å². The van der Waals surface area contributed by atoms with Crippen molar-refractivity contribution >= 4 is 23.7 Å². The van der Waals surface area contributed by atoms with Crippen LogP contribution >= 0.6 is 11.8 Å². The fourth-order valence-corrected chi connectivity index (χ4v) is 3.92. The number of nitrogens with zero attached hydrogens (tertiary/aromatic N) is 3. The number of anilines is 1. The molecule has 5 heteroatoms. The van der Waals surface area contributed by atoms with Crippen LogP contribution in [0.3, 0.4) is 0 Å². The van der Waals surface area contributed by atoms with E-state index in [4.69, 9.17) is 9.72 Å². The fraction of sp³-hybridized carbons (Fsp3) is 0.263. The highest BCUT2D eigenvalue weighted by atomic mass is 32.2. The SMILES string of the molecule is C=C1C=Cc2cnc(SC)nc2N1C1CCc2cccc(OC)c21. The number of aryl methyl sites for hydroxylation is 1. The monoisotopic (exact) mass is 337 g/mol. The van der Waals surface area contributed by atoms with Crippen molar-refractivity contribution in [3.05, 3.63) is 59.4 Å². The molecule has 2 aliphatic rings. The smallest absolute Gasteiger partial charge is 0.189 e. The predicted molar refractivity (Wildman–Crippen MR) is 98.5 cm³/mol. The molecule has 0 saturated heterocycles. The molecule has 1 aliphatic carbocycles. The minimum Gasteiger partial charge on any atom is -0.496 e. The number of benzene rings is 1. The molecule has 0 amide bonds. The van der Waals surface area contributed by atoms with E-state index >= 15 is 0 Å². The molecule has 122 valence electrons. The van der Waals surface area contributed by atoms with Crippen molar-refractivity contribution in [1.29, 1.82) is 0 Å². The topological polar surface area (TPSA) is 38.2 Å². The molecule has 0 bridgehead atoms. The van der Waals surface area contributed by atoms with E-state index in [0.29, 0.717) is 0 Å². The molecule has 4 nitrogen and oxygen atoms in total. The lowest BCUT2D eigenvalue weighted by molar-refractivity contribution is 0.406. The van der Waals surface area contributed by atoms with Crippen LogP contribution in [-0.4, -0.2) is 23.3 Å². The normalized spacial score (nSPS) is 18.5. The number of allylic oxidation sites excluding steroid dienone is 1. The van der Waals surface area contributed by atoms with E-state index in [1.807, 2.05) is 30.7 Å². The Morgan fingerprint density at radius 2 is 2.21 bits per heavy atom. The van der Waals surface area contributed by atoms with E-state index in [1.54, 1.807) is 18.9 Å². The molecule has 4 rings (SSSR count). The van der Waals surface area contributed by atoms with Crippen LogP contribution in [0.2, 0.25) is 0 Å². The van der Waals surface area contributed by atoms with Crippen molar-refractivity contribution in [1.82, 2.24) is 9.97 Å². The third-order valence-corrected chi connectivity index (χ3v) is 5.22. The molecule has 0 fully saturated rings. The van der Waals surface area contributed by atoms with Crippen molar-refractivity contribution in [3.8, 4) is 5.75 Å². The average Bonchev–Trinajstić information content (AvgIpc) is 3.05. The molecule has 1 aromatic heterocycles. The Labute approximate surface area is 146 Å². The van der Waals surface area contributed by atoms with Crippen LogP contribution < -0.4 is 9.64 Å². The van der Waals surface area contributed by atoms with Crippen LogP contribution in [0.15, 0.2) is 47.9 Å². The zero-order valence-corrected chi connectivity index (χ0v) is 14.6. The number of fused-ring (bicyclic) bond motifs is 2. The van der Waals surface area contributed by atoms with Crippen LogP contribution in [0, 0.1) is 0 Å². The molecular weight excluding hydrogens is 318 g/mol. The summed E-state index contributed by atoms with van der Waals surface area (Å²) in [6, 6.07) is 6.48. The van der Waals surface area contributed by atoms with Crippen LogP contribution in [0.1, 0.15) is 29.2 Å². The maximum Gasteiger partial charge on any atom is 0.189 e. The van der Waals surface area contributed by atoms with Gasteiger partial charge in [0.25, 0.3) is 0 Å². The number of aromatic nitrogens is 2. The molecule has 1 unspecified atom stereocenters. The quantitative estimate of drug-likeness (QED) is 0.619. The number of rotatable bonds is 3. The summed E-state index contributed by atoms with van der Waals surface area (Å²) in [6.07, 6.45) is 10.0. The van der Waals surface area contributed by atoms with E-state index in [2.05, 4.69) is 28.6 Å². The lowest BCUT2D eigenvalue weighted by atomic mass is 10.0. The van der Waals surface area contributed by atoms with E-state index in [9.17, 15) is 0 Å². The molecule has 0 radical (unpaired) electrons. The Hall–Kier alpha value is -2.27. The molecule has 2 heterocycles. The Balaban J connectivity index is 1.85. The van der Waals surface area contributed by atoms with Gasteiger partial charge in [0.15, 0.2) is 5.16 Å². The van der Waals surface area contributed by atoms with Crippen LogP contribution in [0.4, 0.5) is 5.82 Å². The van der Waals surface area contributed by atoms with Gasteiger partial charge in [-0.1, -0.05) is 30.5 Å². The molecule has 1 aromatic carbocycles. The Morgan fingerprint density at radius 3 is 3.00 bits per heavy atom. The second-order valence-electron chi connectivity index (χ2n) is 5.92. The van der Waals surface area contributed by atoms with Gasteiger partial charge in [0.2, 0.25) is 0 Å². The number of ether oxygens (including phenoxy) is 1. The van der Waals surface area contributed by atoms with Gasteiger partial charge in [0.1, 0.15) is 11.6 Å². The molecule has 1 aliphatic heterocycles. The molecule has 0 saturated carbocycles. The average molecular weight is 337 g/mol. The fourth-order valence-electron chi connectivity index (χ4n) is 3.58. The van der Waals surface area contributed by atoms with Crippen LogP contribution in [0.5, 0.6) is 5.75 Å². The first kappa shape index (κ1) is 15.3. The zero-order valence-electron chi connectivity index (χ0n) is 13.8. The summed E-state index contributed by atoms with van der Waals surface area (Å²) in [6.45, 7) is 4.25. The third-order valence-electron chi connectivity index (χ3n) is 4.66. The first-order valence-corrected chi connectivity index (χ1v) is 9.18. The Kier molecular flexibility index (Phi) is 3.81. The Morgan fingerprint density at radius 1 is 1.33 bits per heavy atom. The van der Waals surface area contributed by atoms with Crippen LogP contribution in [-0.2, 0) is 6.42 Å². The molecule has 2 aromatic rings. The number of hydrogen-bond acceptors (Lipinski definition) is 5. The van der Waals surface area contributed by atoms with Crippen molar-refractivity contribution in [2.75, 3.05) is 18.3 Å². The van der Waals surface area contributed by atoms with Gasteiger partial charge in [-0.25, -0.2) is 9.97 Å². The van der Waals surface area contributed by atoms with Gasteiger partial charge in [0, 0.05) is 23.0 Å². The number of hydrogen-bond donors (Lipinski definition) is 0. The third kappa shape index (κ3) is 2.31. The van der Waals surface area contributed by atoms with E-state index in [-0.39, 0.29) is 6.04 Å². The summed E-state index contributed by atoms with van der Waals surface area (Å²) >= 11 is 1.55. The molecular formula is C19H19N3OS. The van der Waals surface area contributed by atoms with E-state index in [0.717, 1.165) is 40.8 Å². The zero-order chi connectivity index (χ0) is 16.7. The van der Waals surface area contributed by atoms with Gasteiger partial charge in [-0.2, -0.15) is 0 Å². The predicted octanol–water partition coefficient (Wildman–Crippen LogP) is 4.24. The van der Waals surface area contributed by atoms with Gasteiger partial charge >= 0.3 is 0 Å². The summed E-state index contributed by atoms with van der Waals surface area (Å²) in [5.41, 5.74) is 4.59. The molecule has 1 atom stereocenters. The lowest BCUT2D eigenvalue weighted by Gasteiger charge is -2.34. The molecule has 0 N–H and O–H groups in total. The molecule has 0 spiro atoms. The largest absolute Gasteiger partial charge is 0.496 e. The summed E-state index contributed by atoms with van der Waals surface area (Å²) in [5.74, 6) is 1.88. The summed E-state index contributed by atoms with van der Waals surface area (Å²) in [5, 5.41) is 0.778. The first-order chi connectivity index (χ1) is 11.7. The van der Waals surface area contributed by atoms with Crippen LogP contribution in [0.25, 0.3) is 6.08 Å². The highest BCUT2D eigenvalue weighted by molar-refractivity contribution is 7.98. The number of thioether (sulfide) groups is 1. The standard InChI is InChI=1S/C19H19N3OS/c1-12-7-8-14-11-20-19(24-3)21-18(14)22(12)15-10-9-13-5-4-6-16(23-2)17(13)15/h4-8,11,15H,1,9-10H2,2-3H3. The minimum absolute atomic E-state index is 0.192. The summed E-state index contributed by atoms with van der Waals surface area (Å²) in [4.78, 5) is 11.4. The maximum absolute atomic E-state index is 5.64. The highest BCUT2D eigenvalue weighted by Crippen LogP contribution is 2.46. The van der Waals surface area contributed by atoms with Crippen molar-refractivity contribution in [3.63, 3.8) is 0 Å². The minimum atomic E-state index is 0.192. The van der Waals surface area contributed by atoms with Crippen molar-refractivity contribution < 1.29 is 4.74 Å². The Bertz CT molecular complexity index is 847. The van der Waals surface area contributed by atoms with Gasteiger partial charge in [0.05, 0.1) is 13.2 Å². The highest BCUT2D eigenvalue weighted by Gasteiger charge is 2.34. The van der Waals surface area contributed by atoms with Gasteiger partial charge in [-0.15, -0.1) is 0 Å². The van der Waals surface area contributed by atoms with E-state index < -0.39 is 0 Å². The number of methoxy groups -OCH3 is 1.